The zero-order chi connectivity index (χ0) is 11.4. The van der Waals surface area contributed by atoms with E-state index in [4.69, 9.17) is 19.8 Å². The van der Waals surface area contributed by atoms with Crippen LogP contribution in [0.25, 0.3) is 0 Å². The molecule has 5 heteroatoms. The van der Waals surface area contributed by atoms with Crippen molar-refractivity contribution in [3.05, 3.63) is 0 Å². The SMILES string of the molecule is C1CCNCC1.CC(=O)O.CC(=O)O. The van der Waals surface area contributed by atoms with Crippen molar-refractivity contribution in [3.63, 3.8) is 0 Å². The van der Waals surface area contributed by atoms with Crippen molar-refractivity contribution in [1.29, 1.82) is 0 Å². The fraction of sp³-hybridized carbons (Fsp3) is 0.778. The van der Waals surface area contributed by atoms with Crippen molar-refractivity contribution >= 4 is 11.9 Å². The Kier molecular flexibility index (Phi) is 13.1. The molecule has 0 aromatic heterocycles. The molecule has 1 rings (SSSR count). The lowest BCUT2D eigenvalue weighted by Gasteiger charge is -2.08. The molecule has 1 aliphatic heterocycles. The molecule has 0 amide bonds. The van der Waals surface area contributed by atoms with Crippen molar-refractivity contribution in [2.75, 3.05) is 13.1 Å². The van der Waals surface area contributed by atoms with Gasteiger partial charge < -0.3 is 15.5 Å². The highest BCUT2D eigenvalue weighted by Crippen LogP contribution is 1.96. The van der Waals surface area contributed by atoms with Gasteiger partial charge in [-0.15, -0.1) is 0 Å². The number of rotatable bonds is 0. The zero-order valence-corrected chi connectivity index (χ0v) is 8.75. The maximum absolute atomic E-state index is 9.00. The predicted molar refractivity (Wildman–Crippen MR) is 53.3 cm³/mol. The van der Waals surface area contributed by atoms with Gasteiger partial charge in [-0.05, 0) is 25.9 Å². The van der Waals surface area contributed by atoms with E-state index in [1.54, 1.807) is 0 Å². The molecule has 0 aromatic rings. The Labute approximate surface area is 84.1 Å². The zero-order valence-electron chi connectivity index (χ0n) is 8.75. The molecule has 0 spiro atoms. The molecule has 1 saturated heterocycles. The van der Waals surface area contributed by atoms with E-state index in [1.165, 1.54) is 32.4 Å². The van der Waals surface area contributed by atoms with Crippen molar-refractivity contribution < 1.29 is 19.8 Å². The van der Waals surface area contributed by atoms with E-state index in [0.29, 0.717) is 0 Å². The van der Waals surface area contributed by atoms with Crippen LogP contribution in [-0.4, -0.2) is 35.2 Å². The largest absolute Gasteiger partial charge is 0.481 e. The first-order valence-corrected chi connectivity index (χ1v) is 4.56. The Balaban J connectivity index is 0. The number of piperidine rings is 1. The molecule has 0 bridgehead atoms. The number of carbonyl (C=O) groups is 2. The molecule has 1 fully saturated rings. The summed E-state index contributed by atoms with van der Waals surface area (Å²) in [6.45, 7) is 4.67. The molecular weight excluding hydrogens is 186 g/mol. The van der Waals surface area contributed by atoms with Crippen molar-refractivity contribution in [3.8, 4) is 0 Å². The molecule has 0 radical (unpaired) electrons. The smallest absolute Gasteiger partial charge is 0.300 e. The molecule has 0 aliphatic carbocycles. The van der Waals surface area contributed by atoms with E-state index in [9.17, 15) is 0 Å². The summed E-state index contributed by atoms with van der Waals surface area (Å²) in [6, 6.07) is 0. The van der Waals surface area contributed by atoms with Gasteiger partial charge in [0.2, 0.25) is 0 Å². The summed E-state index contributed by atoms with van der Waals surface area (Å²) < 4.78 is 0. The van der Waals surface area contributed by atoms with E-state index < -0.39 is 11.9 Å². The molecule has 1 aliphatic rings. The van der Waals surface area contributed by atoms with Crippen molar-refractivity contribution in [1.82, 2.24) is 5.32 Å². The van der Waals surface area contributed by atoms with E-state index in [-0.39, 0.29) is 0 Å². The van der Waals surface area contributed by atoms with Crippen LogP contribution in [0.1, 0.15) is 33.1 Å². The minimum Gasteiger partial charge on any atom is -0.481 e. The van der Waals surface area contributed by atoms with E-state index in [1.807, 2.05) is 0 Å². The van der Waals surface area contributed by atoms with Crippen LogP contribution in [-0.2, 0) is 9.59 Å². The lowest BCUT2D eigenvalue weighted by molar-refractivity contribution is -0.135. The molecule has 0 aromatic carbocycles. The fourth-order valence-corrected chi connectivity index (χ4v) is 0.802. The number of aliphatic carboxylic acids is 2. The third-order valence-corrected chi connectivity index (χ3v) is 1.21. The van der Waals surface area contributed by atoms with Crippen LogP contribution in [0.3, 0.4) is 0 Å². The molecule has 1 heterocycles. The van der Waals surface area contributed by atoms with Crippen LogP contribution in [0, 0.1) is 0 Å². The van der Waals surface area contributed by atoms with E-state index in [2.05, 4.69) is 5.32 Å². The minimum absolute atomic E-state index is 0.833. The summed E-state index contributed by atoms with van der Waals surface area (Å²) in [5, 5.41) is 18.1. The first kappa shape index (κ1) is 15.4. The molecule has 0 atom stereocenters. The Hall–Kier alpha value is -1.10. The van der Waals surface area contributed by atoms with Gasteiger partial charge >= 0.3 is 0 Å². The minimum atomic E-state index is -0.833. The summed E-state index contributed by atoms with van der Waals surface area (Å²) in [5.74, 6) is -1.67. The van der Waals surface area contributed by atoms with Gasteiger partial charge in [0.15, 0.2) is 0 Å². The molecule has 0 unspecified atom stereocenters. The summed E-state index contributed by atoms with van der Waals surface area (Å²) in [5.41, 5.74) is 0. The van der Waals surface area contributed by atoms with Crippen LogP contribution < -0.4 is 5.32 Å². The molecular formula is C9H19NO4. The third kappa shape index (κ3) is 44.5. The standard InChI is InChI=1S/C5H11N.2C2H4O2/c1-2-4-6-5-3-1;2*1-2(3)4/h6H,1-5H2;2*1H3,(H,3,4). The maximum Gasteiger partial charge on any atom is 0.300 e. The van der Waals surface area contributed by atoms with Gasteiger partial charge in [-0.1, -0.05) is 6.42 Å². The second-order valence-electron chi connectivity index (χ2n) is 2.85. The summed E-state index contributed by atoms with van der Waals surface area (Å²) in [7, 11) is 0. The number of hydrogen-bond donors (Lipinski definition) is 3. The van der Waals surface area contributed by atoms with Crippen LogP contribution in [0.2, 0.25) is 0 Å². The molecule has 0 saturated carbocycles. The van der Waals surface area contributed by atoms with Gasteiger partial charge in [-0.2, -0.15) is 0 Å². The number of nitrogens with one attached hydrogen (secondary N) is 1. The second-order valence-corrected chi connectivity index (χ2v) is 2.85. The summed E-state index contributed by atoms with van der Waals surface area (Å²) in [4.78, 5) is 18.0. The quantitative estimate of drug-likeness (QED) is 0.548. The first-order valence-electron chi connectivity index (χ1n) is 4.56. The van der Waals surface area contributed by atoms with Gasteiger partial charge in [0.05, 0.1) is 0 Å². The lowest BCUT2D eigenvalue weighted by Crippen LogP contribution is -2.21. The van der Waals surface area contributed by atoms with Crippen molar-refractivity contribution in [2.45, 2.75) is 33.1 Å². The maximum atomic E-state index is 9.00. The molecule has 14 heavy (non-hydrogen) atoms. The lowest BCUT2D eigenvalue weighted by atomic mass is 10.2. The molecule has 5 nitrogen and oxygen atoms in total. The molecule has 84 valence electrons. The fourth-order valence-electron chi connectivity index (χ4n) is 0.802. The Morgan fingerprint density at radius 2 is 1.21 bits per heavy atom. The number of hydrogen-bond acceptors (Lipinski definition) is 3. The van der Waals surface area contributed by atoms with Gasteiger partial charge in [0.1, 0.15) is 0 Å². The Morgan fingerprint density at radius 3 is 1.29 bits per heavy atom. The van der Waals surface area contributed by atoms with Crippen LogP contribution in [0.15, 0.2) is 0 Å². The normalized spacial score (nSPS) is 13.9. The Morgan fingerprint density at radius 1 is 0.929 bits per heavy atom. The van der Waals surface area contributed by atoms with Crippen LogP contribution in [0.4, 0.5) is 0 Å². The van der Waals surface area contributed by atoms with Crippen LogP contribution >= 0.6 is 0 Å². The topological polar surface area (TPSA) is 86.6 Å². The van der Waals surface area contributed by atoms with Crippen molar-refractivity contribution in [2.24, 2.45) is 0 Å². The van der Waals surface area contributed by atoms with E-state index >= 15 is 0 Å². The van der Waals surface area contributed by atoms with Gasteiger partial charge in [0, 0.05) is 13.8 Å². The molecule has 3 N–H and O–H groups in total. The average Bonchev–Trinajstić information content (AvgIpc) is 2.05. The first-order chi connectivity index (χ1) is 6.46. The number of carboxylic acids is 2. The highest BCUT2D eigenvalue weighted by atomic mass is 16.4. The van der Waals surface area contributed by atoms with Gasteiger partial charge in [0.25, 0.3) is 11.9 Å². The highest BCUT2D eigenvalue weighted by molar-refractivity contribution is 5.63. The predicted octanol–water partition coefficient (Wildman–Crippen LogP) is 0.942. The monoisotopic (exact) mass is 205 g/mol. The third-order valence-electron chi connectivity index (χ3n) is 1.21. The number of carboxylic acid groups (broad SMARTS) is 2. The Bertz CT molecular complexity index is 123. The summed E-state index contributed by atoms with van der Waals surface area (Å²) in [6.07, 6.45) is 4.22. The second kappa shape index (κ2) is 11.9. The van der Waals surface area contributed by atoms with Gasteiger partial charge in [-0.3, -0.25) is 9.59 Å². The highest BCUT2D eigenvalue weighted by Gasteiger charge is 1.93. The van der Waals surface area contributed by atoms with E-state index in [0.717, 1.165) is 13.8 Å². The average molecular weight is 205 g/mol. The summed E-state index contributed by atoms with van der Waals surface area (Å²) >= 11 is 0. The van der Waals surface area contributed by atoms with Gasteiger partial charge in [-0.25, -0.2) is 0 Å². The van der Waals surface area contributed by atoms with Crippen LogP contribution in [0.5, 0.6) is 0 Å².